The van der Waals surface area contributed by atoms with E-state index in [-0.39, 0.29) is 12.5 Å². The highest BCUT2D eigenvalue weighted by atomic mass is 32.1. The summed E-state index contributed by atoms with van der Waals surface area (Å²) in [5.41, 5.74) is 1.23. The number of hydrogen-bond acceptors (Lipinski definition) is 3. The van der Waals surface area contributed by atoms with Gasteiger partial charge in [0.25, 0.3) is 0 Å². The quantitative estimate of drug-likeness (QED) is 0.912. The number of aryl methyl sites for hydroxylation is 1. The monoisotopic (exact) mass is 301 g/mol. The minimum atomic E-state index is -0.931. The average Bonchev–Trinajstić information content (AvgIpc) is 2.99. The molecular formula is C17H19NO2S. The lowest BCUT2D eigenvalue weighted by molar-refractivity contribution is -0.122. The van der Waals surface area contributed by atoms with Gasteiger partial charge >= 0.3 is 0 Å². The number of carbonyl (C=O) groups is 1. The Kier molecular flexibility index (Phi) is 4.08. The third-order valence-electron chi connectivity index (χ3n) is 4.05. The first-order valence-corrected chi connectivity index (χ1v) is 8.15. The molecular weight excluding hydrogens is 282 g/mol. The first-order chi connectivity index (χ1) is 10.2. The maximum Gasteiger partial charge on any atom is 0.225 e. The van der Waals surface area contributed by atoms with Crippen LogP contribution in [0.1, 0.15) is 28.8 Å². The number of hydrogen-bond donors (Lipinski definition) is 2. The predicted octanol–water partition coefficient (Wildman–Crippen LogP) is 2.63. The third kappa shape index (κ3) is 3.17. The van der Waals surface area contributed by atoms with Gasteiger partial charge < -0.3 is 10.4 Å². The molecule has 1 aromatic carbocycles. The fourth-order valence-electron chi connectivity index (χ4n) is 2.96. The van der Waals surface area contributed by atoms with E-state index in [1.165, 1.54) is 5.56 Å². The number of thiophene rings is 1. The smallest absolute Gasteiger partial charge is 0.225 e. The molecule has 4 heteroatoms. The number of amides is 1. The minimum absolute atomic E-state index is 0.0334. The zero-order valence-corrected chi connectivity index (χ0v) is 12.7. The molecule has 1 aliphatic carbocycles. The first-order valence-electron chi connectivity index (χ1n) is 7.27. The van der Waals surface area contributed by atoms with Crippen molar-refractivity contribution in [2.45, 2.75) is 31.3 Å². The Morgan fingerprint density at radius 3 is 2.95 bits per heavy atom. The Morgan fingerprint density at radius 2 is 2.14 bits per heavy atom. The van der Waals surface area contributed by atoms with Crippen LogP contribution in [0.3, 0.4) is 0 Å². The molecule has 0 aliphatic heterocycles. The molecule has 0 saturated heterocycles. The van der Waals surface area contributed by atoms with Gasteiger partial charge in [0.05, 0.1) is 13.0 Å². The predicted molar refractivity (Wildman–Crippen MR) is 84.3 cm³/mol. The number of aliphatic hydroxyl groups is 1. The number of benzene rings is 1. The van der Waals surface area contributed by atoms with Crippen molar-refractivity contribution >= 4 is 17.2 Å². The van der Waals surface area contributed by atoms with Crippen molar-refractivity contribution in [1.29, 1.82) is 0 Å². The summed E-state index contributed by atoms with van der Waals surface area (Å²) < 4.78 is 0. The van der Waals surface area contributed by atoms with Gasteiger partial charge in [-0.3, -0.25) is 4.79 Å². The van der Waals surface area contributed by atoms with Crippen LogP contribution in [0.5, 0.6) is 0 Å². The maximum atomic E-state index is 12.0. The van der Waals surface area contributed by atoms with Crippen molar-refractivity contribution in [3.8, 4) is 0 Å². The van der Waals surface area contributed by atoms with Crippen LogP contribution in [0.2, 0.25) is 0 Å². The molecule has 3 nitrogen and oxygen atoms in total. The molecule has 2 N–H and O–H groups in total. The number of rotatable bonds is 4. The van der Waals surface area contributed by atoms with Crippen molar-refractivity contribution in [1.82, 2.24) is 5.32 Å². The van der Waals surface area contributed by atoms with E-state index in [1.54, 1.807) is 11.3 Å². The Bertz CT molecular complexity index is 623. The van der Waals surface area contributed by atoms with E-state index in [0.29, 0.717) is 12.8 Å². The molecule has 1 heterocycles. The molecule has 1 unspecified atom stereocenters. The second-order valence-corrected chi connectivity index (χ2v) is 6.61. The molecule has 0 spiro atoms. The maximum absolute atomic E-state index is 12.0. The Morgan fingerprint density at radius 1 is 1.29 bits per heavy atom. The molecule has 110 valence electrons. The zero-order valence-electron chi connectivity index (χ0n) is 11.8. The summed E-state index contributed by atoms with van der Waals surface area (Å²) in [6.07, 6.45) is 3.04. The number of nitrogens with one attached hydrogen (secondary N) is 1. The fourth-order valence-corrected chi connectivity index (χ4v) is 3.66. The largest absolute Gasteiger partial charge is 0.383 e. The van der Waals surface area contributed by atoms with Gasteiger partial charge in [-0.05, 0) is 41.8 Å². The van der Waals surface area contributed by atoms with E-state index in [4.69, 9.17) is 0 Å². The first kappa shape index (κ1) is 14.3. The van der Waals surface area contributed by atoms with Crippen LogP contribution >= 0.6 is 11.3 Å². The Labute approximate surface area is 128 Å². The molecule has 1 aliphatic rings. The molecule has 2 aromatic rings. The van der Waals surface area contributed by atoms with Gasteiger partial charge in [0, 0.05) is 4.88 Å². The van der Waals surface area contributed by atoms with E-state index in [0.717, 1.165) is 23.3 Å². The van der Waals surface area contributed by atoms with E-state index in [2.05, 4.69) is 11.4 Å². The van der Waals surface area contributed by atoms with Crippen molar-refractivity contribution in [3.63, 3.8) is 0 Å². The van der Waals surface area contributed by atoms with Crippen LogP contribution in [0.15, 0.2) is 41.8 Å². The van der Waals surface area contributed by atoms with Crippen molar-refractivity contribution in [3.05, 3.63) is 57.8 Å². The summed E-state index contributed by atoms with van der Waals surface area (Å²) in [6, 6.07) is 11.9. The van der Waals surface area contributed by atoms with Gasteiger partial charge in [0.2, 0.25) is 5.91 Å². The summed E-state index contributed by atoms with van der Waals surface area (Å²) >= 11 is 1.58. The summed E-state index contributed by atoms with van der Waals surface area (Å²) in [4.78, 5) is 13.0. The van der Waals surface area contributed by atoms with Gasteiger partial charge in [-0.1, -0.05) is 30.3 Å². The molecule has 1 amide bonds. The van der Waals surface area contributed by atoms with Gasteiger partial charge in [0.1, 0.15) is 5.60 Å². The van der Waals surface area contributed by atoms with Crippen molar-refractivity contribution < 1.29 is 9.90 Å². The highest BCUT2D eigenvalue weighted by Gasteiger charge is 2.34. The summed E-state index contributed by atoms with van der Waals surface area (Å²) in [7, 11) is 0. The molecule has 1 atom stereocenters. The van der Waals surface area contributed by atoms with E-state index in [9.17, 15) is 9.90 Å². The Hall–Kier alpha value is -1.65. The van der Waals surface area contributed by atoms with Crippen LogP contribution in [0.25, 0.3) is 0 Å². The highest BCUT2D eigenvalue weighted by Crippen LogP contribution is 2.34. The van der Waals surface area contributed by atoms with Crippen LogP contribution in [-0.2, 0) is 23.2 Å². The van der Waals surface area contributed by atoms with Crippen LogP contribution in [-0.4, -0.2) is 17.6 Å². The third-order valence-corrected chi connectivity index (χ3v) is 4.92. The van der Waals surface area contributed by atoms with E-state index >= 15 is 0 Å². The topological polar surface area (TPSA) is 49.3 Å². The molecule has 0 radical (unpaired) electrons. The highest BCUT2D eigenvalue weighted by molar-refractivity contribution is 7.10. The lowest BCUT2D eigenvalue weighted by atomic mass is 9.79. The van der Waals surface area contributed by atoms with Gasteiger partial charge in [0.15, 0.2) is 0 Å². The average molecular weight is 301 g/mol. The molecule has 0 fully saturated rings. The normalized spacial score (nSPS) is 20.8. The fraction of sp³-hybridized carbons (Fsp3) is 0.353. The summed E-state index contributed by atoms with van der Waals surface area (Å²) in [5.74, 6) is -0.0334. The summed E-state index contributed by atoms with van der Waals surface area (Å²) in [5, 5.41) is 15.7. The van der Waals surface area contributed by atoms with Crippen LogP contribution in [0, 0.1) is 0 Å². The Balaban J connectivity index is 1.66. The second-order valence-electron chi connectivity index (χ2n) is 5.58. The molecule has 21 heavy (non-hydrogen) atoms. The second kappa shape index (κ2) is 6.00. The molecule has 1 aromatic heterocycles. The van der Waals surface area contributed by atoms with E-state index in [1.807, 2.05) is 35.7 Å². The molecule has 0 bridgehead atoms. The van der Waals surface area contributed by atoms with Gasteiger partial charge in [-0.15, -0.1) is 11.3 Å². The number of carbonyl (C=O) groups excluding carboxylic acids is 1. The SMILES string of the molecule is O=C(Cc1cccs1)NCC1(O)CCCc2ccccc21. The van der Waals surface area contributed by atoms with Crippen LogP contribution < -0.4 is 5.32 Å². The van der Waals surface area contributed by atoms with E-state index < -0.39 is 5.60 Å². The summed E-state index contributed by atoms with van der Waals surface area (Å²) in [6.45, 7) is 0.286. The van der Waals surface area contributed by atoms with Crippen LogP contribution in [0.4, 0.5) is 0 Å². The molecule has 0 saturated carbocycles. The molecule has 3 rings (SSSR count). The standard InChI is InChI=1S/C17H19NO2S/c19-16(11-14-7-4-10-21-14)18-12-17(20)9-3-6-13-5-1-2-8-15(13)17/h1-2,4-5,7-8,10,20H,3,6,9,11-12H2,(H,18,19). The minimum Gasteiger partial charge on any atom is -0.383 e. The van der Waals surface area contributed by atoms with Gasteiger partial charge in [-0.25, -0.2) is 0 Å². The number of fused-ring (bicyclic) bond motifs is 1. The lowest BCUT2D eigenvalue weighted by Crippen LogP contribution is -2.43. The van der Waals surface area contributed by atoms with Crippen molar-refractivity contribution in [2.75, 3.05) is 6.54 Å². The van der Waals surface area contributed by atoms with Crippen molar-refractivity contribution in [2.24, 2.45) is 0 Å². The lowest BCUT2D eigenvalue weighted by Gasteiger charge is -2.34. The zero-order chi connectivity index (χ0) is 14.7. The van der Waals surface area contributed by atoms with Gasteiger partial charge in [-0.2, -0.15) is 0 Å².